The van der Waals surface area contributed by atoms with Crippen LogP contribution in [0, 0.1) is 39.8 Å². The Morgan fingerprint density at radius 2 is 1.25 bits per heavy atom. The van der Waals surface area contributed by atoms with Crippen LogP contribution >= 0.6 is 0 Å². The van der Waals surface area contributed by atoms with Crippen molar-refractivity contribution in [1.29, 1.82) is 0 Å². The summed E-state index contributed by atoms with van der Waals surface area (Å²) in [6.07, 6.45) is 0. The van der Waals surface area contributed by atoms with Gasteiger partial charge in [0.05, 0.1) is 0 Å². The maximum absolute atomic E-state index is 8.39. The third-order valence-corrected chi connectivity index (χ3v) is 0. The molecule has 0 heterocycles. The molecule has 0 aromatic carbocycles. The third kappa shape index (κ3) is 8.88. The maximum atomic E-state index is 8.39. The Hall–Kier alpha value is 2.20. The molecule has 0 aliphatic heterocycles. The van der Waals surface area contributed by atoms with Gasteiger partial charge < -0.3 is 0 Å². The van der Waals surface area contributed by atoms with Crippen LogP contribution in [-0.2, 0) is 17.4 Å². The van der Waals surface area contributed by atoms with E-state index >= 15 is 0 Å². The molecule has 0 bridgehead atoms. The first-order valence-corrected chi connectivity index (χ1v) is 1.49. The van der Waals surface area contributed by atoms with E-state index in [9.17, 15) is 0 Å². The molecule has 0 N–H and O–H groups in total. The molecule has 0 saturated carbocycles. The van der Waals surface area contributed by atoms with Gasteiger partial charge in [-0.2, -0.15) is 0 Å². The van der Waals surface area contributed by atoms with E-state index in [-0.39, 0.29) is 73.6 Å². The van der Waals surface area contributed by atoms with Crippen molar-refractivity contribution in [3.05, 3.63) is 0 Å². The van der Waals surface area contributed by atoms with Crippen LogP contribution in [0.25, 0.3) is 0 Å². The van der Waals surface area contributed by atoms with Crippen LogP contribution < -0.4 is 0 Å². The molecule has 4 heavy (non-hydrogen) atoms. The molecule has 0 radical (unpaired) electrons. The second-order valence-corrected chi connectivity index (χ2v) is 0. The SMILES string of the molecule is [AlH3].[Ni].[O]=[Ce]. The Labute approximate surface area is 73.1 Å². The normalized spacial score (nSPS) is 0.750. The zero-order valence-corrected chi connectivity index (χ0v) is 5.35. The van der Waals surface area contributed by atoms with Gasteiger partial charge in [-0.05, 0) is 0 Å². The van der Waals surface area contributed by atoms with Crippen LogP contribution in [0.5, 0.6) is 0 Å². The minimum atomic E-state index is 0. The first kappa shape index (κ1) is 16.4. The predicted octanol–water partition coefficient (Wildman–Crippen LogP) is -1.31. The molecule has 0 aromatic rings. The van der Waals surface area contributed by atoms with E-state index in [0.717, 1.165) is 0 Å². The first-order chi connectivity index (χ1) is 1.00. The van der Waals surface area contributed by atoms with E-state index in [2.05, 4.69) is 0 Å². The molecule has 0 aliphatic rings. The van der Waals surface area contributed by atoms with Crippen molar-refractivity contribution in [2.45, 2.75) is 0 Å². The van der Waals surface area contributed by atoms with Gasteiger partial charge in [-0.25, -0.2) is 0 Å². The average Bonchev–Trinajstić information content (AvgIpc) is 1.00. The van der Waals surface area contributed by atoms with Crippen molar-refractivity contribution in [1.82, 2.24) is 0 Å². The van der Waals surface area contributed by atoms with Crippen molar-refractivity contribution in [2.75, 3.05) is 0 Å². The summed E-state index contributed by atoms with van der Waals surface area (Å²) in [5, 5.41) is 0. The van der Waals surface area contributed by atoms with E-state index in [1.165, 1.54) is 0 Å². The van der Waals surface area contributed by atoms with Gasteiger partial charge in [0.15, 0.2) is 17.4 Å². The van der Waals surface area contributed by atoms with Crippen molar-refractivity contribution in [3.8, 4) is 0 Å². The van der Waals surface area contributed by atoms with Crippen molar-refractivity contribution in [2.24, 2.45) is 0 Å². The second-order valence-electron chi connectivity index (χ2n) is 0. The molecule has 0 amide bonds. The molecular formula is H3AlCeNiO. The Morgan fingerprint density at radius 3 is 1.25 bits per heavy atom. The van der Waals surface area contributed by atoms with Crippen LogP contribution in [0.4, 0.5) is 0 Å². The summed E-state index contributed by atoms with van der Waals surface area (Å²) in [6, 6.07) is 0. The molecule has 0 rings (SSSR count). The number of hydrogen-bond acceptors (Lipinski definition) is 1. The quantitative estimate of drug-likeness (QED) is 0.484. The fourth-order valence-corrected chi connectivity index (χ4v) is 0. The van der Waals surface area contributed by atoms with Crippen LogP contribution in [0.15, 0.2) is 0 Å². The molecule has 4 heteroatoms. The van der Waals surface area contributed by atoms with Gasteiger partial charge in [0.2, 0.25) is 0 Å². The zero-order valence-electron chi connectivity index (χ0n) is 1.22. The van der Waals surface area contributed by atoms with Crippen LogP contribution in [-0.4, -0.2) is 17.4 Å². The van der Waals surface area contributed by atoms with Crippen molar-refractivity contribution < 1.29 is 57.2 Å². The topological polar surface area (TPSA) is 17.1 Å². The van der Waals surface area contributed by atoms with Gasteiger partial charge in [0.1, 0.15) is 0 Å². The molecule has 0 aliphatic carbocycles. The zero-order chi connectivity index (χ0) is 2.00. The van der Waals surface area contributed by atoms with Gasteiger partial charge in [0.25, 0.3) is 0 Å². The van der Waals surface area contributed by atoms with E-state index < -0.39 is 0 Å². The monoisotopic (exact) mass is 244 g/mol. The predicted molar refractivity (Wildman–Crippen MR) is 10.6 cm³/mol. The molecule has 0 unspecified atom stereocenters. The van der Waals surface area contributed by atoms with E-state index in [1.807, 2.05) is 0 Å². The van der Waals surface area contributed by atoms with Crippen molar-refractivity contribution >= 4 is 17.4 Å². The van der Waals surface area contributed by atoms with Gasteiger partial charge in [-0.1, -0.05) is 0 Å². The van der Waals surface area contributed by atoms with Crippen LogP contribution in [0.2, 0.25) is 0 Å². The molecule has 0 fully saturated rings. The first-order valence-electron chi connectivity index (χ1n) is 0.204. The fraction of sp³-hybridized carbons (Fsp3) is 0. The van der Waals surface area contributed by atoms with Gasteiger partial charge >= 0.3 is 40.7 Å². The summed E-state index contributed by atoms with van der Waals surface area (Å²) in [5.41, 5.74) is 0. The molecule has 0 saturated heterocycles. The van der Waals surface area contributed by atoms with Gasteiger partial charge in [-0.3, -0.25) is 0 Å². The minimum absolute atomic E-state index is 0. The Balaban J connectivity index is -0.00000000500. The molecule has 0 spiro atoms. The Kier molecular flexibility index (Phi) is 77.5. The molecule has 26 valence electrons. The van der Waals surface area contributed by atoms with E-state index in [0.29, 0.717) is 0 Å². The summed E-state index contributed by atoms with van der Waals surface area (Å²) < 4.78 is 8.39. The Bertz CT molecular complexity index is 8.00. The Morgan fingerprint density at radius 1 is 1.25 bits per heavy atom. The van der Waals surface area contributed by atoms with Crippen molar-refractivity contribution in [3.63, 3.8) is 0 Å². The molecular weight excluding hydrogens is 242 g/mol. The molecule has 0 aromatic heterocycles. The fourth-order valence-electron chi connectivity index (χ4n) is 0. The number of rotatable bonds is 0. The van der Waals surface area contributed by atoms with Gasteiger partial charge in [-0.15, -0.1) is 0 Å². The van der Waals surface area contributed by atoms with Crippen LogP contribution in [0.1, 0.15) is 0 Å². The summed E-state index contributed by atoms with van der Waals surface area (Å²) in [6.45, 7) is 0. The third-order valence-electron chi connectivity index (χ3n) is 0. The summed E-state index contributed by atoms with van der Waals surface area (Å²) in [5.74, 6) is 0. The summed E-state index contributed by atoms with van der Waals surface area (Å²) in [4.78, 5) is 0. The van der Waals surface area contributed by atoms with Gasteiger partial charge in [0, 0.05) is 16.5 Å². The second kappa shape index (κ2) is 18.9. The standard InChI is InChI=1S/Al.Ce.Ni.O.3H. The number of hydrogen-bond donors (Lipinski definition) is 0. The van der Waals surface area contributed by atoms with E-state index in [4.69, 9.17) is 0.938 Å². The average molecular weight is 245 g/mol. The van der Waals surface area contributed by atoms with Crippen LogP contribution in [0.3, 0.4) is 0 Å². The molecule has 1 nitrogen and oxygen atoms in total. The summed E-state index contributed by atoms with van der Waals surface area (Å²) in [7, 11) is 0. The summed E-state index contributed by atoms with van der Waals surface area (Å²) >= 11 is 0.0556. The van der Waals surface area contributed by atoms with E-state index in [1.54, 1.807) is 0 Å². The molecule has 0 atom stereocenters.